The first-order chi connectivity index (χ1) is 7.18. The van der Waals surface area contributed by atoms with Gasteiger partial charge in [0.25, 0.3) is 0 Å². The van der Waals surface area contributed by atoms with E-state index in [0.717, 1.165) is 0 Å². The molecule has 1 N–H and O–H groups in total. The molecule has 1 heterocycles. The average molecular weight is 278 g/mol. The molecule has 1 atom stereocenters. The second kappa shape index (κ2) is 4.55. The number of nitrogens with one attached hydrogen (secondary N) is 1. The predicted octanol–water partition coefficient (Wildman–Crippen LogP) is 2.39. The maximum atomic E-state index is 13.5. The summed E-state index contributed by atoms with van der Waals surface area (Å²) in [5.41, 5.74) is 0.0536. The van der Waals surface area contributed by atoms with Crippen LogP contribution in [0.5, 0.6) is 0 Å². The Bertz CT molecular complexity index is 343. The molecule has 0 unspecified atom stereocenters. The van der Waals surface area contributed by atoms with E-state index in [1.807, 2.05) is 0 Å². The van der Waals surface area contributed by atoms with Crippen LogP contribution in [-0.2, 0) is 4.74 Å². The monoisotopic (exact) mass is 277 g/mol. The summed E-state index contributed by atoms with van der Waals surface area (Å²) in [4.78, 5) is 0. The van der Waals surface area contributed by atoms with Crippen LogP contribution < -0.4 is 5.32 Å². The molecule has 0 bridgehead atoms. The van der Waals surface area contributed by atoms with Crippen LogP contribution in [0.3, 0.4) is 0 Å². The highest BCUT2D eigenvalue weighted by Gasteiger charge is 2.22. The van der Waals surface area contributed by atoms with Gasteiger partial charge in [0, 0.05) is 16.6 Å². The van der Waals surface area contributed by atoms with Gasteiger partial charge in [-0.3, -0.25) is 0 Å². The Balaban J connectivity index is 2.33. The van der Waals surface area contributed by atoms with Crippen LogP contribution in [0.15, 0.2) is 16.6 Å². The Hall–Kier alpha value is -0.520. The van der Waals surface area contributed by atoms with Crippen molar-refractivity contribution >= 4 is 15.9 Å². The first kappa shape index (κ1) is 11.0. The van der Waals surface area contributed by atoms with Gasteiger partial charge in [0.15, 0.2) is 0 Å². The van der Waals surface area contributed by atoms with E-state index in [4.69, 9.17) is 4.74 Å². The van der Waals surface area contributed by atoms with Gasteiger partial charge in [-0.15, -0.1) is 0 Å². The van der Waals surface area contributed by atoms with Gasteiger partial charge in [0.1, 0.15) is 11.6 Å². The maximum Gasteiger partial charge on any atom is 0.132 e. The van der Waals surface area contributed by atoms with Gasteiger partial charge < -0.3 is 10.1 Å². The van der Waals surface area contributed by atoms with E-state index < -0.39 is 17.7 Å². The molecule has 0 aromatic heterocycles. The summed E-state index contributed by atoms with van der Waals surface area (Å²) in [6.07, 6.45) is 0. The summed E-state index contributed by atoms with van der Waals surface area (Å²) in [7, 11) is 0. The maximum absolute atomic E-state index is 13.5. The molecule has 0 radical (unpaired) electrons. The minimum absolute atomic E-state index is 0.0536. The Morgan fingerprint density at radius 3 is 2.53 bits per heavy atom. The molecule has 1 fully saturated rings. The number of benzene rings is 1. The van der Waals surface area contributed by atoms with Gasteiger partial charge in [0.2, 0.25) is 0 Å². The molecule has 82 valence electrons. The molecule has 2 rings (SSSR count). The van der Waals surface area contributed by atoms with Gasteiger partial charge >= 0.3 is 0 Å². The Morgan fingerprint density at radius 1 is 1.33 bits per heavy atom. The van der Waals surface area contributed by atoms with E-state index in [1.165, 1.54) is 12.1 Å². The fraction of sp³-hybridized carbons (Fsp3) is 0.400. The standard InChI is InChI=1S/C10H10BrF2NO/c11-6-3-7(12)10(8(13)4-6)9-5-15-2-1-14-9/h3-4,9,14H,1-2,5H2/t9-/m0/s1. The zero-order valence-electron chi connectivity index (χ0n) is 7.90. The van der Waals surface area contributed by atoms with Crippen molar-refractivity contribution in [2.45, 2.75) is 6.04 Å². The molecular weight excluding hydrogens is 268 g/mol. The van der Waals surface area contributed by atoms with Crippen LogP contribution >= 0.6 is 15.9 Å². The summed E-state index contributed by atoms with van der Waals surface area (Å²) in [5.74, 6) is -1.10. The van der Waals surface area contributed by atoms with E-state index >= 15 is 0 Å². The Kier molecular flexibility index (Phi) is 3.33. The van der Waals surface area contributed by atoms with Crippen molar-refractivity contribution in [2.75, 3.05) is 19.8 Å². The fourth-order valence-electron chi connectivity index (χ4n) is 1.64. The molecule has 0 amide bonds. The summed E-state index contributed by atoms with van der Waals surface area (Å²) >= 11 is 3.04. The summed E-state index contributed by atoms with van der Waals surface area (Å²) in [6, 6.07) is 2.12. The second-order valence-electron chi connectivity index (χ2n) is 3.36. The van der Waals surface area contributed by atoms with Crippen molar-refractivity contribution in [1.82, 2.24) is 5.32 Å². The number of hydrogen-bond donors (Lipinski definition) is 1. The molecule has 1 aliphatic rings. The molecule has 0 aliphatic carbocycles. The summed E-state index contributed by atoms with van der Waals surface area (Å²) in [6.45, 7) is 1.49. The highest BCUT2D eigenvalue weighted by Crippen LogP contribution is 2.25. The summed E-state index contributed by atoms with van der Waals surface area (Å²) in [5, 5.41) is 3.02. The lowest BCUT2D eigenvalue weighted by molar-refractivity contribution is 0.0745. The third-order valence-corrected chi connectivity index (χ3v) is 2.77. The Labute approximate surface area is 94.7 Å². The van der Waals surface area contributed by atoms with Crippen LogP contribution in [0, 0.1) is 11.6 Å². The normalized spacial score (nSPS) is 21.7. The van der Waals surface area contributed by atoms with Gasteiger partial charge in [0.05, 0.1) is 19.3 Å². The molecule has 5 heteroatoms. The van der Waals surface area contributed by atoms with Gasteiger partial charge in [-0.05, 0) is 12.1 Å². The first-order valence-electron chi connectivity index (χ1n) is 4.64. The number of halogens is 3. The summed E-state index contributed by atoms with van der Waals surface area (Å²) < 4.78 is 32.6. The molecular formula is C10H10BrF2NO. The van der Waals surface area contributed by atoms with Crippen LogP contribution in [-0.4, -0.2) is 19.8 Å². The zero-order chi connectivity index (χ0) is 10.8. The number of rotatable bonds is 1. The minimum Gasteiger partial charge on any atom is -0.378 e. The number of ether oxygens (including phenoxy) is 1. The molecule has 1 aliphatic heterocycles. The smallest absolute Gasteiger partial charge is 0.132 e. The van der Waals surface area contributed by atoms with E-state index in [2.05, 4.69) is 21.2 Å². The molecule has 1 saturated heterocycles. The minimum atomic E-state index is -0.551. The highest BCUT2D eigenvalue weighted by molar-refractivity contribution is 9.10. The second-order valence-corrected chi connectivity index (χ2v) is 4.28. The molecule has 0 saturated carbocycles. The van der Waals surface area contributed by atoms with E-state index in [1.54, 1.807) is 0 Å². The van der Waals surface area contributed by atoms with Gasteiger partial charge in [-0.25, -0.2) is 8.78 Å². The van der Waals surface area contributed by atoms with Crippen molar-refractivity contribution < 1.29 is 13.5 Å². The predicted molar refractivity (Wildman–Crippen MR) is 55.6 cm³/mol. The van der Waals surface area contributed by atoms with E-state index in [-0.39, 0.29) is 5.56 Å². The first-order valence-corrected chi connectivity index (χ1v) is 5.43. The molecule has 1 aromatic carbocycles. The van der Waals surface area contributed by atoms with Crippen LogP contribution in [0.4, 0.5) is 8.78 Å². The fourth-order valence-corrected chi connectivity index (χ4v) is 2.04. The number of morpholine rings is 1. The van der Waals surface area contributed by atoms with Crippen molar-refractivity contribution in [3.05, 3.63) is 33.8 Å². The van der Waals surface area contributed by atoms with Gasteiger partial charge in [-0.2, -0.15) is 0 Å². The topological polar surface area (TPSA) is 21.3 Å². The lowest BCUT2D eigenvalue weighted by Crippen LogP contribution is -2.35. The van der Waals surface area contributed by atoms with Crippen LogP contribution in [0.1, 0.15) is 11.6 Å². The zero-order valence-corrected chi connectivity index (χ0v) is 9.48. The molecule has 1 aromatic rings. The Morgan fingerprint density at radius 2 is 2.00 bits per heavy atom. The largest absolute Gasteiger partial charge is 0.378 e. The lowest BCUT2D eigenvalue weighted by Gasteiger charge is -2.24. The van der Waals surface area contributed by atoms with Crippen molar-refractivity contribution in [3.8, 4) is 0 Å². The van der Waals surface area contributed by atoms with Crippen LogP contribution in [0.2, 0.25) is 0 Å². The SMILES string of the molecule is Fc1cc(Br)cc(F)c1[C@@H]1COCCN1. The third kappa shape index (κ3) is 2.35. The quantitative estimate of drug-likeness (QED) is 0.851. The van der Waals surface area contributed by atoms with Crippen molar-refractivity contribution in [2.24, 2.45) is 0 Å². The van der Waals surface area contributed by atoms with E-state index in [9.17, 15) is 8.78 Å². The molecule has 15 heavy (non-hydrogen) atoms. The lowest BCUT2D eigenvalue weighted by atomic mass is 10.1. The van der Waals surface area contributed by atoms with E-state index in [0.29, 0.717) is 24.2 Å². The molecule has 0 spiro atoms. The number of hydrogen-bond acceptors (Lipinski definition) is 2. The van der Waals surface area contributed by atoms with Crippen molar-refractivity contribution in [3.63, 3.8) is 0 Å². The van der Waals surface area contributed by atoms with Crippen molar-refractivity contribution in [1.29, 1.82) is 0 Å². The molecule has 2 nitrogen and oxygen atoms in total. The van der Waals surface area contributed by atoms with Gasteiger partial charge in [-0.1, -0.05) is 15.9 Å². The van der Waals surface area contributed by atoms with Crippen LogP contribution in [0.25, 0.3) is 0 Å². The average Bonchev–Trinajstić information content (AvgIpc) is 2.17. The third-order valence-electron chi connectivity index (χ3n) is 2.31. The highest BCUT2D eigenvalue weighted by atomic mass is 79.9.